The maximum absolute atomic E-state index is 13.1. The standard InChI is InChI=1S/C26H29ClN4O3/c1-18-16-23(32)25(29-31(18)20-12-10-19(27)11-13-20)26(33)28-17-22(30-14-6-3-7-15-30)21-8-4-5-9-24(21)34-2/h4-5,8-13,16,22H,3,6-7,14-15,17H2,1-2H3,(H,28,33). The van der Waals surface area contributed by atoms with Crippen LogP contribution in [0.15, 0.2) is 59.4 Å². The molecule has 34 heavy (non-hydrogen) atoms. The number of carbonyl (C=O) groups excluding carboxylic acids is 1. The lowest BCUT2D eigenvalue weighted by Gasteiger charge is -2.35. The number of likely N-dealkylation sites (tertiary alicyclic amines) is 1. The topological polar surface area (TPSA) is 76.5 Å². The average Bonchev–Trinajstić information content (AvgIpc) is 2.86. The third kappa shape index (κ3) is 5.32. The number of para-hydroxylation sites is 1. The summed E-state index contributed by atoms with van der Waals surface area (Å²) < 4.78 is 7.18. The lowest BCUT2D eigenvalue weighted by atomic mass is 10.0. The monoisotopic (exact) mass is 480 g/mol. The molecule has 2 heterocycles. The van der Waals surface area contributed by atoms with Gasteiger partial charge in [-0.25, -0.2) is 4.68 Å². The Balaban J connectivity index is 1.60. The number of aryl methyl sites for hydroxylation is 1. The van der Waals surface area contributed by atoms with Crippen LogP contribution in [0.1, 0.15) is 47.1 Å². The van der Waals surface area contributed by atoms with Crippen molar-refractivity contribution in [3.05, 3.63) is 86.8 Å². The van der Waals surface area contributed by atoms with E-state index in [2.05, 4.69) is 15.3 Å². The highest BCUT2D eigenvalue weighted by atomic mass is 35.5. The minimum Gasteiger partial charge on any atom is -0.496 e. The molecule has 3 aromatic rings. The molecule has 1 aromatic heterocycles. The fourth-order valence-corrected chi connectivity index (χ4v) is 4.55. The van der Waals surface area contributed by atoms with Crippen molar-refractivity contribution in [2.45, 2.75) is 32.2 Å². The smallest absolute Gasteiger partial charge is 0.275 e. The molecule has 0 radical (unpaired) electrons. The van der Waals surface area contributed by atoms with E-state index in [4.69, 9.17) is 16.3 Å². The number of ether oxygens (including phenoxy) is 1. The van der Waals surface area contributed by atoms with Gasteiger partial charge < -0.3 is 10.1 Å². The van der Waals surface area contributed by atoms with Gasteiger partial charge in [0.25, 0.3) is 5.91 Å². The fourth-order valence-electron chi connectivity index (χ4n) is 4.43. The van der Waals surface area contributed by atoms with Crippen molar-refractivity contribution in [2.75, 3.05) is 26.7 Å². The van der Waals surface area contributed by atoms with Crippen molar-refractivity contribution in [3.63, 3.8) is 0 Å². The van der Waals surface area contributed by atoms with Gasteiger partial charge in [0.2, 0.25) is 5.43 Å². The molecule has 0 spiro atoms. The van der Waals surface area contributed by atoms with Crippen LogP contribution in [0.4, 0.5) is 0 Å². The Morgan fingerprint density at radius 2 is 1.82 bits per heavy atom. The Labute approximate surface area is 204 Å². The van der Waals surface area contributed by atoms with Gasteiger partial charge in [0.1, 0.15) is 5.75 Å². The van der Waals surface area contributed by atoms with Crippen LogP contribution in [0.5, 0.6) is 5.75 Å². The number of piperidine rings is 1. The summed E-state index contributed by atoms with van der Waals surface area (Å²) in [5.74, 6) is 0.287. The zero-order valence-corrected chi connectivity index (χ0v) is 20.2. The lowest BCUT2D eigenvalue weighted by Crippen LogP contribution is -2.42. The maximum atomic E-state index is 13.1. The van der Waals surface area contributed by atoms with Crippen LogP contribution in [0, 0.1) is 6.92 Å². The van der Waals surface area contributed by atoms with E-state index >= 15 is 0 Å². The van der Waals surface area contributed by atoms with Crippen molar-refractivity contribution in [1.82, 2.24) is 20.0 Å². The molecule has 2 aromatic carbocycles. The van der Waals surface area contributed by atoms with Gasteiger partial charge in [0.05, 0.1) is 18.8 Å². The Kier molecular flexibility index (Phi) is 7.65. The molecule has 1 N–H and O–H groups in total. The van der Waals surface area contributed by atoms with E-state index in [9.17, 15) is 9.59 Å². The van der Waals surface area contributed by atoms with Crippen LogP contribution >= 0.6 is 11.6 Å². The zero-order chi connectivity index (χ0) is 24.1. The summed E-state index contributed by atoms with van der Waals surface area (Å²) in [7, 11) is 1.65. The van der Waals surface area contributed by atoms with E-state index in [0.717, 1.165) is 42.9 Å². The molecular formula is C26H29ClN4O3. The number of halogens is 1. The number of hydrogen-bond acceptors (Lipinski definition) is 5. The van der Waals surface area contributed by atoms with Gasteiger partial charge in [0.15, 0.2) is 5.69 Å². The summed E-state index contributed by atoms with van der Waals surface area (Å²) in [6.45, 7) is 4.02. The number of rotatable bonds is 7. The van der Waals surface area contributed by atoms with E-state index in [0.29, 0.717) is 17.3 Å². The van der Waals surface area contributed by atoms with Crippen molar-refractivity contribution in [2.24, 2.45) is 0 Å². The quantitative estimate of drug-likeness (QED) is 0.549. The number of carbonyl (C=O) groups is 1. The number of nitrogens with one attached hydrogen (secondary N) is 1. The average molecular weight is 481 g/mol. The minimum absolute atomic E-state index is 0.0654. The van der Waals surface area contributed by atoms with Crippen LogP contribution in [0.25, 0.3) is 5.69 Å². The predicted octanol–water partition coefficient (Wildman–Crippen LogP) is 4.16. The van der Waals surface area contributed by atoms with Crippen LogP contribution in [0.2, 0.25) is 5.02 Å². The van der Waals surface area contributed by atoms with Gasteiger partial charge in [-0.3, -0.25) is 14.5 Å². The van der Waals surface area contributed by atoms with Gasteiger partial charge in [0, 0.05) is 28.9 Å². The number of aromatic nitrogens is 2. The summed E-state index contributed by atoms with van der Waals surface area (Å²) in [5, 5.41) is 7.94. The van der Waals surface area contributed by atoms with E-state index in [-0.39, 0.29) is 11.7 Å². The Hall–Kier alpha value is -3.16. The van der Waals surface area contributed by atoms with Crippen molar-refractivity contribution >= 4 is 17.5 Å². The molecule has 1 aliphatic heterocycles. The molecule has 8 heteroatoms. The SMILES string of the molecule is COc1ccccc1C(CNC(=O)c1nn(-c2ccc(Cl)cc2)c(C)cc1=O)N1CCCCC1. The second kappa shape index (κ2) is 10.8. The van der Waals surface area contributed by atoms with Crippen LogP contribution in [0.3, 0.4) is 0 Å². The van der Waals surface area contributed by atoms with Crippen LogP contribution < -0.4 is 15.5 Å². The summed E-state index contributed by atoms with van der Waals surface area (Å²) >= 11 is 6.00. The molecule has 1 amide bonds. The van der Waals surface area contributed by atoms with E-state index in [1.165, 1.54) is 12.5 Å². The van der Waals surface area contributed by atoms with E-state index in [1.54, 1.807) is 43.0 Å². The molecule has 4 rings (SSSR count). The van der Waals surface area contributed by atoms with Gasteiger partial charge in [-0.2, -0.15) is 5.10 Å². The molecule has 178 valence electrons. The predicted molar refractivity (Wildman–Crippen MR) is 133 cm³/mol. The first-order chi connectivity index (χ1) is 16.5. The minimum atomic E-state index is -0.496. The zero-order valence-electron chi connectivity index (χ0n) is 19.5. The first kappa shape index (κ1) is 24.0. The Morgan fingerprint density at radius 3 is 2.53 bits per heavy atom. The second-order valence-electron chi connectivity index (χ2n) is 8.45. The summed E-state index contributed by atoms with van der Waals surface area (Å²) in [6.07, 6.45) is 3.44. The fraction of sp³-hybridized carbons (Fsp3) is 0.346. The third-order valence-corrected chi connectivity index (χ3v) is 6.43. The van der Waals surface area contributed by atoms with E-state index in [1.807, 2.05) is 24.3 Å². The van der Waals surface area contributed by atoms with E-state index < -0.39 is 11.3 Å². The van der Waals surface area contributed by atoms with Crippen LogP contribution in [-0.2, 0) is 0 Å². The Morgan fingerprint density at radius 1 is 1.12 bits per heavy atom. The molecule has 1 atom stereocenters. The highest BCUT2D eigenvalue weighted by molar-refractivity contribution is 6.30. The number of amides is 1. The lowest BCUT2D eigenvalue weighted by molar-refractivity contribution is 0.0915. The summed E-state index contributed by atoms with van der Waals surface area (Å²) in [6, 6.07) is 16.3. The highest BCUT2D eigenvalue weighted by Crippen LogP contribution is 2.31. The molecular weight excluding hydrogens is 452 g/mol. The maximum Gasteiger partial charge on any atom is 0.275 e. The number of hydrogen-bond donors (Lipinski definition) is 1. The molecule has 0 bridgehead atoms. The van der Waals surface area contributed by atoms with Crippen molar-refractivity contribution in [1.29, 1.82) is 0 Å². The molecule has 1 fully saturated rings. The Bertz CT molecular complexity index is 1200. The highest BCUT2D eigenvalue weighted by Gasteiger charge is 2.26. The van der Waals surface area contributed by atoms with Gasteiger partial charge in [-0.1, -0.05) is 36.2 Å². The van der Waals surface area contributed by atoms with Crippen LogP contribution in [-0.4, -0.2) is 47.3 Å². The normalized spacial score (nSPS) is 15.0. The molecule has 0 saturated carbocycles. The van der Waals surface area contributed by atoms with Gasteiger partial charge in [-0.15, -0.1) is 0 Å². The number of nitrogens with zero attached hydrogens (tertiary/aromatic N) is 3. The molecule has 1 unspecified atom stereocenters. The molecule has 1 saturated heterocycles. The van der Waals surface area contributed by atoms with Crippen molar-refractivity contribution < 1.29 is 9.53 Å². The first-order valence-corrected chi connectivity index (χ1v) is 11.9. The van der Waals surface area contributed by atoms with Gasteiger partial charge >= 0.3 is 0 Å². The summed E-state index contributed by atoms with van der Waals surface area (Å²) in [5.41, 5.74) is 1.81. The molecule has 1 aliphatic rings. The number of methoxy groups -OCH3 is 1. The summed E-state index contributed by atoms with van der Waals surface area (Å²) in [4.78, 5) is 28.1. The molecule has 7 nitrogen and oxygen atoms in total. The van der Waals surface area contributed by atoms with Crippen molar-refractivity contribution in [3.8, 4) is 11.4 Å². The van der Waals surface area contributed by atoms with Gasteiger partial charge in [-0.05, 0) is 63.2 Å². The largest absolute Gasteiger partial charge is 0.496 e. The molecule has 0 aliphatic carbocycles. The third-order valence-electron chi connectivity index (χ3n) is 6.18. The number of benzene rings is 2. The first-order valence-electron chi connectivity index (χ1n) is 11.5. The second-order valence-corrected chi connectivity index (χ2v) is 8.89.